The molecule has 11 heteroatoms. The number of furan rings is 1. The van der Waals surface area contributed by atoms with E-state index in [-0.39, 0.29) is 29.1 Å². The maximum atomic E-state index is 13.7. The molecular formula is C27H34N4O4S3. The van der Waals surface area contributed by atoms with Gasteiger partial charge < -0.3 is 9.32 Å². The molecule has 0 aliphatic heterocycles. The molecule has 0 saturated carbocycles. The van der Waals surface area contributed by atoms with Crippen molar-refractivity contribution in [2.24, 2.45) is 11.8 Å². The van der Waals surface area contributed by atoms with Crippen molar-refractivity contribution >= 4 is 49.6 Å². The van der Waals surface area contributed by atoms with E-state index in [1.54, 1.807) is 33.9 Å². The lowest BCUT2D eigenvalue weighted by Crippen LogP contribution is -2.51. The van der Waals surface area contributed by atoms with E-state index in [9.17, 15) is 13.2 Å². The van der Waals surface area contributed by atoms with E-state index in [0.29, 0.717) is 41.9 Å². The molecule has 0 spiro atoms. The Bertz CT molecular complexity index is 1460. The summed E-state index contributed by atoms with van der Waals surface area (Å²) in [7, 11) is -4.01. The minimum atomic E-state index is -4.01. The van der Waals surface area contributed by atoms with E-state index in [1.807, 2.05) is 51.4 Å². The van der Waals surface area contributed by atoms with Gasteiger partial charge in [-0.05, 0) is 43.0 Å². The van der Waals surface area contributed by atoms with Crippen molar-refractivity contribution in [2.75, 3.05) is 13.1 Å². The van der Waals surface area contributed by atoms with Gasteiger partial charge in [-0.25, -0.2) is 18.4 Å². The molecule has 0 aliphatic rings. The van der Waals surface area contributed by atoms with E-state index in [2.05, 4.69) is 14.7 Å². The average Bonchev–Trinajstić information content (AvgIpc) is 3.58. The Hall–Kier alpha value is -2.60. The molecule has 38 heavy (non-hydrogen) atoms. The van der Waals surface area contributed by atoms with Crippen molar-refractivity contribution in [2.45, 2.75) is 58.4 Å². The first-order valence-corrected chi connectivity index (χ1v) is 15.9. The highest BCUT2D eigenvalue weighted by Crippen LogP contribution is 2.25. The van der Waals surface area contributed by atoms with Gasteiger partial charge in [-0.3, -0.25) is 4.79 Å². The topological polar surface area (TPSA) is 105 Å². The Kier molecular flexibility index (Phi) is 9.02. The molecule has 0 bridgehead atoms. The molecule has 0 fully saturated rings. The van der Waals surface area contributed by atoms with Gasteiger partial charge >= 0.3 is 0 Å². The number of nitrogens with one attached hydrogen (secondary N) is 1. The van der Waals surface area contributed by atoms with Crippen molar-refractivity contribution in [3.63, 3.8) is 0 Å². The van der Waals surface area contributed by atoms with Crippen LogP contribution in [0.5, 0.6) is 0 Å². The van der Waals surface area contributed by atoms with Gasteiger partial charge in [0.25, 0.3) is 0 Å². The lowest BCUT2D eigenvalue weighted by molar-refractivity contribution is -0.134. The van der Waals surface area contributed by atoms with E-state index >= 15 is 0 Å². The molecule has 1 amide bonds. The minimum absolute atomic E-state index is 0.0807. The van der Waals surface area contributed by atoms with Crippen molar-refractivity contribution < 1.29 is 17.6 Å². The fourth-order valence-electron chi connectivity index (χ4n) is 4.34. The number of carbonyl (C=O) groups is 1. The normalized spacial score (nSPS) is 13.0. The maximum absolute atomic E-state index is 13.7. The van der Waals surface area contributed by atoms with Crippen LogP contribution in [0, 0.1) is 18.8 Å². The number of amides is 1. The summed E-state index contributed by atoms with van der Waals surface area (Å²) >= 11 is 2.99. The number of sulfonamides is 1. The van der Waals surface area contributed by atoms with Crippen LogP contribution in [-0.2, 0) is 27.7 Å². The van der Waals surface area contributed by atoms with Gasteiger partial charge in [-0.15, -0.1) is 22.7 Å². The van der Waals surface area contributed by atoms with Crippen LogP contribution in [0.3, 0.4) is 0 Å². The number of hydrogen-bond acceptors (Lipinski definition) is 8. The minimum Gasteiger partial charge on any atom is -0.461 e. The molecule has 0 aliphatic carbocycles. The van der Waals surface area contributed by atoms with Crippen molar-refractivity contribution in [3.8, 4) is 0 Å². The SMILES string of the molecule is Cc1nc(Cc2cc3cc(S(=O)(=O)N[C@@H](Cc4cscn4)C(=O)N(CC(C)C)CC(C)C)ccc3o2)cs1. The molecule has 4 aromatic rings. The van der Waals surface area contributed by atoms with Gasteiger partial charge in [-0.1, -0.05) is 27.7 Å². The molecule has 8 nitrogen and oxygen atoms in total. The second-order valence-electron chi connectivity index (χ2n) is 10.3. The molecule has 4 rings (SSSR count). The predicted molar refractivity (Wildman–Crippen MR) is 152 cm³/mol. The highest BCUT2D eigenvalue weighted by molar-refractivity contribution is 7.89. The van der Waals surface area contributed by atoms with Crippen LogP contribution in [0.15, 0.2) is 49.8 Å². The van der Waals surface area contributed by atoms with Crippen LogP contribution in [0.4, 0.5) is 0 Å². The molecule has 0 radical (unpaired) electrons. The maximum Gasteiger partial charge on any atom is 0.241 e. The van der Waals surface area contributed by atoms with Crippen LogP contribution in [0.2, 0.25) is 0 Å². The van der Waals surface area contributed by atoms with Crippen molar-refractivity contribution in [1.82, 2.24) is 19.6 Å². The summed E-state index contributed by atoms with van der Waals surface area (Å²) in [6.07, 6.45) is 0.713. The number of hydrogen-bond donors (Lipinski definition) is 1. The standard InChI is InChI=1S/C27H34N4O4S3/c1-17(2)12-31(13-18(3)4)27(32)25(11-21-14-36-16-28-21)30-38(33,34)24-6-7-26-20(9-24)8-23(35-26)10-22-15-37-19(5)29-22/h6-9,14-18,25,30H,10-13H2,1-5H3/t25-/m0/s1. The zero-order valence-electron chi connectivity index (χ0n) is 22.3. The molecule has 1 atom stereocenters. The number of benzene rings is 1. The van der Waals surface area contributed by atoms with Gasteiger partial charge in [-0.2, -0.15) is 4.72 Å². The molecule has 0 unspecified atom stereocenters. The first kappa shape index (κ1) is 28.4. The summed E-state index contributed by atoms with van der Waals surface area (Å²) < 4.78 is 35.7. The molecule has 0 saturated heterocycles. The van der Waals surface area contributed by atoms with Gasteiger partial charge in [0, 0.05) is 42.1 Å². The smallest absolute Gasteiger partial charge is 0.241 e. The van der Waals surface area contributed by atoms with Crippen LogP contribution in [-0.4, -0.2) is 48.3 Å². The second kappa shape index (κ2) is 12.1. The third-order valence-electron chi connectivity index (χ3n) is 5.85. The van der Waals surface area contributed by atoms with Gasteiger partial charge in [0.2, 0.25) is 15.9 Å². The van der Waals surface area contributed by atoms with Crippen LogP contribution in [0.1, 0.15) is 49.9 Å². The quantitative estimate of drug-likeness (QED) is 0.247. The number of aryl methyl sites for hydroxylation is 1. The Morgan fingerprint density at radius 1 is 1.08 bits per heavy atom. The average molecular weight is 575 g/mol. The summed E-state index contributed by atoms with van der Waals surface area (Å²) in [4.78, 5) is 24.3. The third kappa shape index (κ3) is 7.28. The summed E-state index contributed by atoms with van der Waals surface area (Å²) in [5.41, 5.74) is 3.87. The summed E-state index contributed by atoms with van der Waals surface area (Å²) in [5.74, 6) is 0.969. The highest BCUT2D eigenvalue weighted by atomic mass is 32.2. The molecule has 1 N–H and O–H groups in total. The molecular weight excluding hydrogens is 541 g/mol. The first-order chi connectivity index (χ1) is 18.0. The number of fused-ring (bicyclic) bond motifs is 1. The Balaban J connectivity index is 1.60. The van der Waals surface area contributed by atoms with Gasteiger partial charge in [0.1, 0.15) is 17.4 Å². The van der Waals surface area contributed by atoms with Crippen LogP contribution >= 0.6 is 22.7 Å². The number of aromatic nitrogens is 2. The van der Waals surface area contributed by atoms with E-state index in [4.69, 9.17) is 4.42 Å². The molecule has 1 aromatic carbocycles. The lowest BCUT2D eigenvalue weighted by atomic mass is 10.1. The van der Waals surface area contributed by atoms with Crippen molar-refractivity contribution in [3.05, 3.63) is 62.7 Å². The summed E-state index contributed by atoms with van der Waals surface area (Å²) in [6.45, 7) is 11.2. The zero-order chi connectivity index (χ0) is 27.4. The highest BCUT2D eigenvalue weighted by Gasteiger charge is 2.31. The van der Waals surface area contributed by atoms with E-state index in [1.165, 1.54) is 17.4 Å². The molecule has 3 heterocycles. The van der Waals surface area contributed by atoms with Crippen LogP contribution < -0.4 is 4.72 Å². The number of rotatable bonds is 12. The molecule has 204 valence electrons. The van der Waals surface area contributed by atoms with Gasteiger partial charge in [0.05, 0.1) is 26.8 Å². The number of carbonyl (C=O) groups excluding carboxylic acids is 1. The number of thiazole rings is 2. The lowest BCUT2D eigenvalue weighted by Gasteiger charge is -2.30. The summed E-state index contributed by atoms with van der Waals surface area (Å²) in [6, 6.07) is 5.62. The first-order valence-electron chi connectivity index (χ1n) is 12.6. The fraction of sp³-hybridized carbons (Fsp3) is 0.444. The van der Waals surface area contributed by atoms with Crippen LogP contribution in [0.25, 0.3) is 11.0 Å². The predicted octanol–water partition coefficient (Wildman–Crippen LogP) is 5.28. The zero-order valence-corrected chi connectivity index (χ0v) is 24.8. The Labute approximate surface area is 232 Å². The largest absolute Gasteiger partial charge is 0.461 e. The van der Waals surface area contributed by atoms with E-state index in [0.717, 1.165) is 10.7 Å². The third-order valence-corrected chi connectivity index (χ3v) is 8.77. The Morgan fingerprint density at radius 3 is 2.42 bits per heavy atom. The molecule has 3 aromatic heterocycles. The van der Waals surface area contributed by atoms with Gasteiger partial charge in [0.15, 0.2) is 0 Å². The monoisotopic (exact) mass is 574 g/mol. The Morgan fingerprint density at radius 2 is 1.82 bits per heavy atom. The van der Waals surface area contributed by atoms with E-state index < -0.39 is 16.1 Å². The van der Waals surface area contributed by atoms with Crippen molar-refractivity contribution in [1.29, 1.82) is 0 Å². The number of nitrogens with zero attached hydrogens (tertiary/aromatic N) is 3. The second-order valence-corrected chi connectivity index (χ2v) is 13.8. The summed E-state index contributed by atoms with van der Waals surface area (Å²) in [5, 5.41) is 5.49. The fourth-order valence-corrected chi connectivity index (χ4v) is 6.75.